The maximum atomic E-state index is 13.4. The fraction of sp³-hybridized carbons (Fsp3) is 0.350. The Morgan fingerprint density at radius 1 is 1.19 bits per heavy atom. The number of halogens is 2. The van der Waals surface area contributed by atoms with Gasteiger partial charge in [0.05, 0.1) is 6.10 Å². The number of aliphatic hydroxyl groups excluding tert-OH is 1. The molecule has 1 aliphatic rings. The Bertz CT molecular complexity index is 806. The molecule has 2 aromatic rings. The maximum Gasteiger partial charge on any atom is 0.255 e. The van der Waals surface area contributed by atoms with Crippen LogP contribution in [0.1, 0.15) is 41.6 Å². The van der Waals surface area contributed by atoms with E-state index < -0.39 is 0 Å². The molecule has 26 heavy (non-hydrogen) atoms. The molecule has 2 N–H and O–H groups in total. The molecule has 1 fully saturated rings. The second kappa shape index (κ2) is 8.71. The van der Waals surface area contributed by atoms with Gasteiger partial charge in [-0.25, -0.2) is 4.39 Å². The number of aliphatic hydroxyl groups is 1. The standard InChI is InChI=1S/C20H21FINO2S/c1-12-10-14(3-8-17(12)21)23-20(25)13-2-9-18(22)19(11-13)26-16-6-4-15(24)5-7-16/h2-3,8-11,15-16,24H,4-7H2,1H3,(H,23,25). The Labute approximate surface area is 170 Å². The van der Waals surface area contributed by atoms with Crippen LogP contribution in [0, 0.1) is 16.3 Å². The number of carbonyl (C=O) groups is 1. The van der Waals surface area contributed by atoms with Crippen LogP contribution in [0.15, 0.2) is 41.3 Å². The van der Waals surface area contributed by atoms with Gasteiger partial charge in [0.2, 0.25) is 0 Å². The van der Waals surface area contributed by atoms with Gasteiger partial charge < -0.3 is 10.4 Å². The zero-order valence-electron chi connectivity index (χ0n) is 14.5. The lowest BCUT2D eigenvalue weighted by Gasteiger charge is -2.25. The Kier molecular flexibility index (Phi) is 6.58. The van der Waals surface area contributed by atoms with Gasteiger partial charge in [-0.3, -0.25) is 4.79 Å². The number of anilines is 1. The van der Waals surface area contributed by atoms with Gasteiger partial charge >= 0.3 is 0 Å². The van der Waals surface area contributed by atoms with Gasteiger partial charge in [0.15, 0.2) is 0 Å². The molecule has 0 saturated heterocycles. The van der Waals surface area contributed by atoms with Crippen molar-refractivity contribution in [2.45, 2.75) is 48.9 Å². The highest BCUT2D eigenvalue weighted by atomic mass is 127. The minimum Gasteiger partial charge on any atom is -0.393 e. The van der Waals surface area contributed by atoms with E-state index in [-0.39, 0.29) is 17.8 Å². The third-order valence-corrected chi connectivity index (χ3v) is 7.25. The van der Waals surface area contributed by atoms with E-state index in [1.165, 1.54) is 6.07 Å². The molecule has 0 bridgehead atoms. The zero-order chi connectivity index (χ0) is 18.7. The normalized spacial score (nSPS) is 20.0. The summed E-state index contributed by atoms with van der Waals surface area (Å²) in [7, 11) is 0. The van der Waals surface area contributed by atoms with Gasteiger partial charge in [-0.05, 0) is 97.2 Å². The molecule has 0 atom stereocenters. The van der Waals surface area contributed by atoms with Gasteiger partial charge in [0.25, 0.3) is 5.91 Å². The van der Waals surface area contributed by atoms with E-state index in [1.807, 2.05) is 18.2 Å². The summed E-state index contributed by atoms with van der Waals surface area (Å²) in [6, 6.07) is 10.2. The van der Waals surface area contributed by atoms with Gasteiger partial charge in [-0.15, -0.1) is 11.8 Å². The van der Waals surface area contributed by atoms with Crippen LogP contribution in [0.4, 0.5) is 10.1 Å². The molecule has 0 unspecified atom stereocenters. The van der Waals surface area contributed by atoms with Gasteiger partial charge in [-0.1, -0.05) is 0 Å². The SMILES string of the molecule is Cc1cc(NC(=O)c2ccc(I)c(SC3CCC(O)CC3)c2)ccc1F. The number of amides is 1. The molecule has 0 heterocycles. The fourth-order valence-corrected chi connectivity index (χ4v) is 4.96. The van der Waals surface area contributed by atoms with Crippen molar-refractivity contribution in [1.29, 1.82) is 0 Å². The van der Waals surface area contributed by atoms with E-state index >= 15 is 0 Å². The number of aryl methyl sites for hydroxylation is 1. The molecule has 1 saturated carbocycles. The van der Waals surface area contributed by atoms with Crippen molar-refractivity contribution in [3.63, 3.8) is 0 Å². The van der Waals surface area contributed by atoms with E-state index in [4.69, 9.17) is 0 Å². The molecule has 1 aliphatic carbocycles. The zero-order valence-corrected chi connectivity index (χ0v) is 17.4. The largest absolute Gasteiger partial charge is 0.393 e. The predicted octanol–water partition coefficient (Wildman–Crippen LogP) is 5.39. The lowest BCUT2D eigenvalue weighted by Crippen LogP contribution is -2.19. The van der Waals surface area contributed by atoms with Crippen molar-refractivity contribution in [2.24, 2.45) is 0 Å². The van der Waals surface area contributed by atoms with Crippen LogP contribution in [-0.2, 0) is 0 Å². The number of thioether (sulfide) groups is 1. The molecule has 138 valence electrons. The van der Waals surface area contributed by atoms with E-state index in [0.717, 1.165) is 34.1 Å². The number of hydrogen-bond acceptors (Lipinski definition) is 3. The highest BCUT2D eigenvalue weighted by molar-refractivity contribution is 14.1. The topological polar surface area (TPSA) is 49.3 Å². The minimum atomic E-state index is -0.284. The quantitative estimate of drug-likeness (QED) is 0.572. The second-order valence-corrected chi connectivity index (χ2v) is 9.12. The average Bonchev–Trinajstić information content (AvgIpc) is 2.62. The first-order chi connectivity index (χ1) is 12.4. The minimum absolute atomic E-state index is 0.165. The monoisotopic (exact) mass is 485 g/mol. The third-order valence-electron chi connectivity index (χ3n) is 4.55. The predicted molar refractivity (Wildman–Crippen MR) is 112 cm³/mol. The van der Waals surface area contributed by atoms with E-state index in [9.17, 15) is 14.3 Å². The number of hydrogen-bond donors (Lipinski definition) is 2. The maximum absolute atomic E-state index is 13.4. The molecule has 0 radical (unpaired) electrons. The molecule has 6 heteroatoms. The van der Waals surface area contributed by atoms with Crippen LogP contribution in [0.3, 0.4) is 0 Å². The molecule has 2 aromatic carbocycles. The first-order valence-electron chi connectivity index (χ1n) is 8.64. The van der Waals surface area contributed by atoms with E-state index in [0.29, 0.717) is 22.1 Å². The van der Waals surface area contributed by atoms with Gasteiger partial charge in [0.1, 0.15) is 5.82 Å². The lowest BCUT2D eigenvalue weighted by molar-refractivity contribution is 0.102. The smallest absolute Gasteiger partial charge is 0.255 e. The van der Waals surface area contributed by atoms with Gasteiger partial charge in [-0.2, -0.15) is 0 Å². The summed E-state index contributed by atoms with van der Waals surface area (Å²) in [6.45, 7) is 1.67. The molecule has 3 rings (SSSR count). The number of carbonyl (C=O) groups excluding carboxylic acids is 1. The number of nitrogens with one attached hydrogen (secondary N) is 1. The summed E-state index contributed by atoms with van der Waals surface area (Å²) in [5.74, 6) is -0.484. The Hall–Kier alpha value is -1.12. The average molecular weight is 485 g/mol. The van der Waals surface area contributed by atoms with Crippen LogP contribution >= 0.6 is 34.4 Å². The first kappa shape index (κ1) is 19.6. The van der Waals surface area contributed by atoms with Crippen molar-refractivity contribution < 1.29 is 14.3 Å². The highest BCUT2D eigenvalue weighted by Gasteiger charge is 2.21. The Balaban J connectivity index is 1.71. The van der Waals surface area contributed by atoms with Gasteiger partial charge in [0, 0.05) is 25.0 Å². The third kappa shape index (κ3) is 4.98. The van der Waals surface area contributed by atoms with Crippen molar-refractivity contribution in [3.05, 3.63) is 56.9 Å². The summed E-state index contributed by atoms with van der Waals surface area (Å²) in [5, 5.41) is 13.0. The second-order valence-electron chi connectivity index (χ2n) is 6.61. The summed E-state index contributed by atoms with van der Waals surface area (Å²) < 4.78 is 14.5. The molecule has 0 spiro atoms. The summed E-state index contributed by atoms with van der Waals surface area (Å²) in [4.78, 5) is 13.7. The Morgan fingerprint density at radius 2 is 1.92 bits per heavy atom. The number of benzene rings is 2. The lowest BCUT2D eigenvalue weighted by atomic mass is 9.97. The molecule has 0 aliphatic heterocycles. The van der Waals surface area contributed by atoms with Crippen molar-refractivity contribution in [2.75, 3.05) is 5.32 Å². The number of rotatable bonds is 4. The molecule has 3 nitrogen and oxygen atoms in total. The van der Waals surface area contributed by atoms with Crippen molar-refractivity contribution in [3.8, 4) is 0 Å². The first-order valence-corrected chi connectivity index (χ1v) is 10.6. The van der Waals surface area contributed by atoms with Crippen LogP contribution in [0.5, 0.6) is 0 Å². The molecule has 1 amide bonds. The summed E-state index contributed by atoms with van der Waals surface area (Å²) in [6.07, 6.45) is 3.51. The summed E-state index contributed by atoms with van der Waals surface area (Å²) in [5.41, 5.74) is 1.68. The van der Waals surface area contributed by atoms with Crippen LogP contribution in [0.2, 0.25) is 0 Å². The van der Waals surface area contributed by atoms with E-state index in [2.05, 4.69) is 27.9 Å². The van der Waals surface area contributed by atoms with Crippen molar-refractivity contribution in [1.82, 2.24) is 0 Å². The van der Waals surface area contributed by atoms with Crippen LogP contribution in [-0.4, -0.2) is 22.4 Å². The highest BCUT2D eigenvalue weighted by Crippen LogP contribution is 2.36. The fourth-order valence-electron chi connectivity index (χ4n) is 3.00. The molecular formula is C20H21FINO2S. The molecule has 0 aromatic heterocycles. The van der Waals surface area contributed by atoms with Crippen molar-refractivity contribution >= 4 is 45.9 Å². The van der Waals surface area contributed by atoms with E-state index in [1.54, 1.807) is 30.8 Å². The van der Waals surface area contributed by atoms with Crippen LogP contribution in [0.25, 0.3) is 0 Å². The molecular weight excluding hydrogens is 464 g/mol. The Morgan fingerprint density at radius 3 is 2.62 bits per heavy atom. The summed E-state index contributed by atoms with van der Waals surface area (Å²) >= 11 is 4.08. The van der Waals surface area contributed by atoms with Crippen LogP contribution < -0.4 is 5.32 Å².